The van der Waals surface area contributed by atoms with Gasteiger partial charge in [-0.05, 0) is 71.7 Å². The molecule has 1 saturated heterocycles. The van der Waals surface area contributed by atoms with Crippen LogP contribution in [0.2, 0.25) is 17.6 Å². The van der Waals surface area contributed by atoms with Gasteiger partial charge in [-0.1, -0.05) is 30.4 Å². The molecular formula is C18H33NSi. The molecule has 0 radical (unpaired) electrons. The van der Waals surface area contributed by atoms with Gasteiger partial charge in [-0.2, -0.15) is 0 Å². The summed E-state index contributed by atoms with van der Waals surface area (Å²) in [6.07, 6.45) is 4.31. The normalized spacial score (nSPS) is 24.8. The summed E-state index contributed by atoms with van der Waals surface area (Å²) in [5, 5.41) is 0. The van der Waals surface area contributed by atoms with Gasteiger partial charge in [-0.15, -0.1) is 0 Å². The van der Waals surface area contributed by atoms with Crippen LogP contribution in [0.5, 0.6) is 0 Å². The molecule has 1 aliphatic carbocycles. The quantitative estimate of drug-likeness (QED) is 0.657. The molecule has 0 spiro atoms. The number of hydrogen-bond donors (Lipinski definition) is 1. The van der Waals surface area contributed by atoms with Crippen molar-refractivity contribution in [1.29, 1.82) is 0 Å². The lowest BCUT2D eigenvalue weighted by Gasteiger charge is -2.46. The molecule has 20 heavy (non-hydrogen) atoms. The maximum atomic E-state index is 4.19. The summed E-state index contributed by atoms with van der Waals surface area (Å²) >= 11 is 0. The Morgan fingerprint density at radius 3 is 1.70 bits per heavy atom. The van der Waals surface area contributed by atoms with Crippen molar-refractivity contribution in [2.24, 2.45) is 0 Å². The molecule has 1 nitrogen and oxygen atoms in total. The minimum atomic E-state index is -1.46. The summed E-state index contributed by atoms with van der Waals surface area (Å²) in [6.45, 7) is 16.5. The van der Waals surface area contributed by atoms with Crippen LogP contribution in [0.3, 0.4) is 0 Å². The Hall–Kier alpha value is -0.343. The third kappa shape index (κ3) is 2.82. The van der Waals surface area contributed by atoms with Crippen molar-refractivity contribution in [3.05, 3.63) is 22.3 Å². The molecule has 2 heteroatoms. The predicted octanol–water partition coefficient (Wildman–Crippen LogP) is 5.56. The van der Waals surface area contributed by atoms with E-state index >= 15 is 0 Å². The molecule has 0 bridgehead atoms. The maximum Gasteiger partial charge on any atom is 0.137 e. The van der Waals surface area contributed by atoms with Gasteiger partial charge in [0.2, 0.25) is 0 Å². The van der Waals surface area contributed by atoms with E-state index in [1.807, 2.05) is 0 Å². The van der Waals surface area contributed by atoms with E-state index in [2.05, 4.69) is 53.4 Å². The van der Waals surface area contributed by atoms with Gasteiger partial charge in [0.25, 0.3) is 0 Å². The minimum Gasteiger partial charge on any atom is -0.332 e. The first-order chi connectivity index (χ1) is 9.18. The van der Waals surface area contributed by atoms with Crippen LogP contribution in [-0.2, 0) is 0 Å². The molecule has 2 aliphatic rings. The predicted molar refractivity (Wildman–Crippen MR) is 92.6 cm³/mol. The van der Waals surface area contributed by atoms with Crippen molar-refractivity contribution >= 4 is 8.24 Å². The summed E-state index contributed by atoms with van der Waals surface area (Å²) in [7, 11) is -1.46. The van der Waals surface area contributed by atoms with Crippen LogP contribution in [0.4, 0.5) is 0 Å². The van der Waals surface area contributed by atoms with Gasteiger partial charge in [0.1, 0.15) is 8.24 Å². The summed E-state index contributed by atoms with van der Waals surface area (Å²) in [6, 6.07) is 2.92. The number of rotatable bonds is 2. The van der Waals surface area contributed by atoms with Crippen LogP contribution in [0, 0.1) is 0 Å². The molecule has 0 aromatic rings. The summed E-state index contributed by atoms with van der Waals surface area (Å²) < 4.78 is 0. The molecule has 1 fully saturated rings. The average molecular weight is 292 g/mol. The molecule has 2 rings (SSSR count). The zero-order valence-electron chi connectivity index (χ0n) is 14.6. The molecule has 1 aliphatic heterocycles. The molecule has 0 aromatic carbocycles. The summed E-state index contributed by atoms with van der Waals surface area (Å²) in [5.74, 6) is 0. The maximum absolute atomic E-state index is 4.19. The molecule has 1 heterocycles. The Bertz CT molecular complexity index is 421. The number of allylic oxidation sites excluding steroid dienone is 4. The first-order valence-electron chi connectivity index (χ1n) is 8.32. The summed E-state index contributed by atoms with van der Waals surface area (Å²) in [5.41, 5.74) is 7.48. The van der Waals surface area contributed by atoms with E-state index in [0.29, 0.717) is 0 Å². The van der Waals surface area contributed by atoms with Crippen molar-refractivity contribution < 1.29 is 0 Å². The van der Waals surface area contributed by atoms with Crippen LogP contribution in [0.25, 0.3) is 0 Å². The zero-order valence-corrected chi connectivity index (χ0v) is 15.6. The van der Waals surface area contributed by atoms with Crippen LogP contribution in [0.15, 0.2) is 22.3 Å². The average Bonchev–Trinajstić information content (AvgIpc) is 2.53. The van der Waals surface area contributed by atoms with Crippen LogP contribution in [0.1, 0.15) is 67.7 Å². The van der Waals surface area contributed by atoms with Crippen molar-refractivity contribution in [1.82, 2.24) is 4.98 Å². The second kappa shape index (κ2) is 5.45. The van der Waals surface area contributed by atoms with E-state index in [1.165, 1.54) is 31.4 Å². The molecule has 0 amide bonds. The van der Waals surface area contributed by atoms with Gasteiger partial charge in [-0.25, -0.2) is 0 Å². The highest BCUT2D eigenvalue weighted by atomic mass is 28.3. The zero-order chi connectivity index (χ0) is 15.1. The smallest absolute Gasteiger partial charge is 0.137 e. The van der Waals surface area contributed by atoms with Crippen LogP contribution in [-0.4, -0.2) is 13.8 Å². The lowest BCUT2D eigenvalue weighted by Crippen LogP contribution is -2.62. The van der Waals surface area contributed by atoms with Gasteiger partial charge >= 0.3 is 0 Å². The molecule has 0 atom stereocenters. The third-order valence-corrected chi connectivity index (χ3v) is 11.2. The topological polar surface area (TPSA) is 12.0 Å². The first kappa shape index (κ1) is 16.0. The van der Waals surface area contributed by atoms with Gasteiger partial charge < -0.3 is 4.98 Å². The van der Waals surface area contributed by atoms with Gasteiger partial charge in [0.15, 0.2) is 0 Å². The fourth-order valence-corrected chi connectivity index (χ4v) is 11.2. The molecule has 0 saturated carbocycles. The van der Waals surface area contributed by atoms with Crippen molar-refractivity contribution in [3.63, 3.8) is 0 Å². The SMILES string of the molecule is CC1=C(C)C([Si]2(NC(C)(C)C)CCCCC2)C(C)=C1C. The van der Waals surface area contributed by atoms with E-state index in [4.69, 9.17) is 0 Å². The van der Waals surface area contributed by atoms with E-state index in [1.54, 1.807) is 22.3 Å². The second-order valence-corrected chi connectivity index (χ2v) is 12.3. The molecular weight excluding hydrogens is 258 g/mol. The fourth-order valence-electron chi connectivity index (χ4n) is 4.59. The largest absolute Gasteiger partial charge is 0.332 e. The highest BCUT2D eigenvalue weighted by molar-refractivity contribution is 6.80. The third-order valence-electron chi connectivity index (χ3n) is 5.53. The Morgan fingerprint density at radius 1 is 0.850 bits per heavy atom. The fraction of sp³-hybridized carbons (Fsp3) is 0.778. The van der Waals surface area contributed by atoms with E-state index in [9.17, 15) is 0 Å². The van der Waals surface area contributed by atoms with Gasteiger partial charge in [0.05, 0.1) is 0 Å². The van der Waals surface area contributed by atoms with Crippen molar-refractivity contribution in [2.45, 2.75) is 90.9 Å². The Balaban J connectivity index is 2.43. The molecule has 0 unspecified atom stereocenters. The minimum absolute atomic E-state index is 0.245. The van der Waals surface area contributed by atoms with Crippen LogP contribution >= 0.6 is 0 Å². The number of nitrogens with one attached hydrogen (secondary N) is 1. The number of hydrogen-bond acceptors (Lipinski definition) is 1. The molecule has 114 valence electrons. The Morgan fingerprint density at radius 2 is 1.30 bits per heavy atom. The highest BCUT2D eigenvalue weighted by Gasteiger charge is 2.48. The first-order valence-corrected chi connectivity index (χ1v) is 10.8. The van der Waals surface area contributed by atoms with E-state index in [0.717, 1.165) is 5.54 Å². The lowest BCUT2D eigenvalue weighted by molar-refractivity contribution is 0.493. The highest BCUT2D eigenvalue weighted by Crippen LogP contribution is 2.50. The standard InChI is InChI=1S/C18H33NSi/c1-13-14(2)16(4)17(15(13)3)20(19-18(5,6)7)11-9-8-10-12-20/h17,19H,8-12H2,1-7H3. The van der Waals surface area contributed by atoms with Crippen molar-refractivity contribution in [2.75, 3.05) is 0 Å². The second-order valence-electron chi connectivity index (χ2n) is 8.14. The van der Waals surface area contributed by atoms with E-state index in [-0.39, 0.29) is 5.54 Å². The monoisotopic (exact) mass is 291 g/mol. The summed E-state index contributed by atoms with van der Waals surface area (Å²) in [4.78, 5) is 4.19. The van der Waals surface area contributed by atoms with Crippen molar-refractivity contribution in [3.8, 4) is 0 Å². The molecule has 0 aromatic heterocycles. The Kier molecular flexibility index (Phi) is 4.37. The lowest BCUT2D eigenvalue weighted by atomic mass is 10.1. The van der Waals surface area contributed by atoms with Gasteiger partial charge in [0, 0.05) is 11.1 Å². The van der Waals surface area contributed by atoms with E-state index < -0.39 is 8.24 Å². The van der Waals surface area contributed by atoms with Crippen LogP contribution < -0.4 is 4.98 Å². The Labute approximate surface area is 127 Å². The molecule has 1 N–H and O–H groups in total. The van der Waals surface area contributed by atoms with Gasteiger partial charge in [-0.3, -0.25) is 0 Å².